The van der Waals surface area contributed by atoms with Crippen LogP contribution in [0, 0.1) is 5.95 Å². The Kier molecular flexibility index (Phi) is 16.5. The Morgan fingerprint density at radius 3 is 1.83 bits per heavy atom. The van der Waals surface area contributed by atoms with Crippen LogP contribution in [0.5, 0.6) is 23.0 Å². The Bertz CT molecular complexity index is 2850. The molecule has 332 valence electrons. The lowest BCUT2D eigenvalue weighted by Gasteiger charge is -2.15. The number of hydrogen-bond acceptors (Lipinski definition) is 15. The van der Waals surface area contributed by atoms with Crippen molar-refractivity contribution in [1.82, 2.24) is 9.97 Å². The molecule has 15 nitrogen and oxygen atoms in total. The number of aromatic nitrogens is 2. The second-order valence-electron chi connectivity index (χ2n) is 13.2. The van der Waals surface area contributed by atoms with Gasteiger partial charge in [-0.15, -0.1) is 11.3 Å². The van der Waals surface area contributed by atoms with E-state index in [0.717, 1.165) is 23.8 Å². The van der Waals surface area contributed by atoms with Crippen molar-refractivity contribution in [3.05, 3.63) is 136 Å². The van der Waals surface area contributed by atoms with Gasteiger partial charge in [-0.25, -0.2) is 31.6 Å². The van der Waals surface area contributed by atoms with Crippen molar-refractivity contribution in [1.29, 1.82) is 0 Å². The quantitative estimate of drug-likeness (QED) is 0.0545. The summed E-state index contributed by atoms with van der Waals surface area (Å²) in [4.78, 5) is 33.1. The number of hydrogen-bond donors (Lipinski definition) is 1. The number of sulfone groups is 2. The van der Waals surface area contributed by atoms with Gasteiger partial charge in [-0.3, -0.25) is 14.7 Å². The number of methoxy groups -OCH3 is 1. The summed E-state index contributed by atoms with van der Waals surface area (Å²) in [5.74, 6) is -0.201. The lowest BCUT2D eigenvalue weighted by molar-refractivity contribution is 0.0600. The second-order valence-corrected chi connectivity index (χ2v) is 21.0. The monoisotopic (exact) mass is 1000 g/mol. The van der Waals surface area contributed by atoms with E-state index in [9.17, 15) is 35.4 Å². The van der Waals surface area contributed by atoms with E-state index in [-0.39, 0.29) is 45.6 Å². The van der Waals surface area contributed by atoms with Crippen LogP contribution in [0.2, 0.25) is 0 Å². The predicted octanol–water partition coefficient (Wildman–Crippen LogP) is 9.99. The van der Waals surface area contributed by atoms with Crippen LogP contribution < -0.4 is 14.8 Å². The molecule has 6 rings (SSSR count). The molecule has 1 N–H and O–H groups in total. The number of thiazole rings is 1. The van der Waals surface area contributed by atoms with Crippen molar-refractivity contribution < 1.29 is 58.6 Å². The normalized spacial score (nSPS) is 11.5. The Hall–Kier alpha value is -5.34. The smallest absolute Gasteiger partial charge is 0.338 e. The summed E-state index contributed by atoms with van der Waals surface area (Å²) in [7, 11) is -8.70. The highest BCUT2D eigenvalue weighted by Gasteiger charge is 2.26. The summed E-state index contributed by atoms with van der Waals surface area (Å²) in [6.45, 7) is 3.87. The Labute approximate surface area is 376 Å². The second kappa shape index (κ2) is 21.4. The number of carbonyl (C=O) groups is 2. The number of halogens is 2. The molecule has 2 aromatic heterocycles. The van der Waals surface area contributed by atoms with Gasteiger partial charge in [-0.2, -0.15) is 4.39 Å². The highest BCUT2D eigenvalue weighted by Crippen LogP contribution is 2.51. The number of esters is 1. The average Bonchev–Trinajstić information content (AvgIpc) is 3.66. The molecule has 2 heterocycles. The fourth-order valence-corrected chi connectivity index (χ4v) is 9.67. The molecular formula is C42H40BrFN3O12PS3. The highest BCUT2D eigenvalue weighted by molar-refractivity contribution is 9.10. The molecule has 0 unspecified atom stereocenters. The van der Waals surface area contributed by atoms with Gasteiger partial charge in [0.2, 0.25) is 5.95 Å². The first-order chi connectivity index (χ1) is 29.8. The maximum absolute atomic E-state index is 13.9. The number of amides is 1. The number of nitrogens with zero attached hydrogens (tertiary/aromatic N) is 2. The van der Waals surface area contributed by atoms with Gasteiger partial charge >= 0.3 is 13.6 Å². The molecule has 0 radical (unpaired) electrons. The molecule has 0 saturated carbocycles. The van der Waals surface area contributed by atoms with Gasteiger partial charge in [0.25, 0.3) is 5.91 Å². The van der Waals surface area contributed by atoms with Gasteiger partial charge in [0.15, 0.2) is 24.8 Å². The number of anilines is 1. The minimum absolute atomic E-state index is 0.0414. The van der Waals surface area contributed by atoms with E-state index in [1.165, 1.54) is 61.8 Å². The fraction of sp³-hybridized carbons (Fsp3) is 0.190. The zero-order valence-corrected chi connectivity index (χ0v) is 39.2. The molecule has 0 aliphatic heterocycles. The Balaban J connectivity index is 0.000000286. The molecule has 4 aromatic carbocycles. The summed E-state index contributed by atoms with van der Waals surface area (Å²) < 4.78 is 101. The van der Waals surface area contributed by atoms with E-state index in [0.29, 0.717) is 44.1 Å². The van der Waals surface area contributed by atoms with Crippen molar-refractivity contribution >= 4 is 71.5 Å². The minimum atomic E-state index is -3.39. The van der Waals surface area contributed by atoms with Gasteiger partial charge < -0.3 is 23.3 Å². The van der Waals surface area contributed by atoms with Crippen LogP contribution in [0.4, 0.5) is 9.52 Å². The van der Waals surface area contributed by atoms with Crippen LogP contribution in [0.3, 0.4) is 0 Å². The Morgan fingerprint density at radius 2 is 1.30 bits per heavy atom. The van der Waals surface area contributed by atoms with Crippen molar-refractivity contribution in [2.24, 2.45) is 0 Å². The number of nitrogens with one attached hydrogen (secondary N) is 1. The van der Waals surface area contributed by atoms with E-state index in [1.807, 2.05) is 0 Å². The van der Waals surface area contributed by atoms with E-state index in [1.54, 1.807) is 67.8 Å². The van der Waals surface area contributed by atoms with Gasteiger partial charge in [0.1, 0.15) is 23.0 Å². The molecule has 1 amide bonds. The summed E-state index contributed by atoms with van der Waals surface area (Å²) >= 11 is 4.44. The van der Waals surface area contributed by atoms with Gasteiger partial charge in [0, 0.05) is 40.2 Å². The van der Waals surface area contributed by atoms with Crippen LogP contribution in [-0.2, 0) is 44.2 Å². The number of carbonyl (C=O) groups excluding carboxylic acids is 2. The van der Waals surface area contributed by atoms with Crippen LogP contribution in [0.15, 0.2) is 123 Å². The molecule has 21 heteroatoms. The molecule has 0 aliphatic rings. The fourth-order valence-electron chi connectivity index (χ4n) is 5.50. The van der Waals surface area contributed by atoms with Crippen LogP contribution in [-0.4, -0.2) is 71.5 Å². The van der Waals surface area contributed by atoms with Gasteiger partial charge in [-0.05, 0) is 116 Å². The third-order valence-corrected chi connectivity index (χ3v) is 13.8. The SMILES string of the molecule is CCOP(=O)(Cc1csc(NC(=O)c2cc(Oc3ccc(S(C)(=O)=O)cc3)cc(-c3ccnc(F)c3)c2)n1)OCC.COC(=O)c1cc(Br)cc(Oc2ccc(S(C)(=O)=O)cc2)c1. The first-order valence-electron chi connectivity index (χ1n) is 18.5. The summed E-state index contributed by atoms with van der Waals surface area (Å²) in [6, 6.07) is 24.2. The largest absolute Gasteiger partial charge is 0.465 e. The van der Waals surface area contributed by atoms with Crippen LogP contribution in [0.1, 0.15) is 40.3 Å². The molecule has 0 bridgehead atoms. The number of ether oxygens (including phenoxy) is 3. The standard InChI is InChI=1S/C27H27FN3O7PS2.C15H13BrO5S/c1-4-36-39(33,37-5-2)16-21-17-40-27(30-21)31-26(32)20-12-19(18-10-11-29-25(28)15-18)13-23(14-20)38-22-6-8-24(9-7-22)41(3,34)35;1-20-15(17)10-7-11(16)9-13(8-10)21-12-3-5-14(6-4-12)22(2,18)19/h6-15,17H,4-5,16H2,1-3H3,(H,30,31,32);3-9H,1-2H3. The number of pyridine rings is 1. The summed E-state index contributed by atoms with van der Waals surface area (Å²) in [5.41, 5.74) is 1.92. The van der Waals surface area contributed by atoms with Crippen molar-refractivity contribution in [3.63, 3.8) is 0 Å². The minimum Gasteiger partial charge on any atom is -0.465 e. The van der Waals surface area contributed by atoms with E-state index >= 15 is 0 Å². The summed E-state index contributed by atoms with van der Waals surface area (Å²) in [5, 5.41) is 4.65. The topological polar surface area (TPSA) is 203 Å². The third kappa shape index (κ3) is 14.3. The average molecular weight is 1000 g/mol. The molecule has 0 fully saturated rings. The number of benzene rings is 4. The van der Waals surface area contributed by atoms with Crippen molar-refractivity contribution in [3.8, 4) is 34.1 Å². The van der Waals surface area contributed by atoms with Crippen LogP contribution >= 0.6 is 34.9 Å². The lowest BCUT2D eigenvalue weighted by Crippen LogP contribution is -2.12. The molecular weight excluding hydrogens is 965 g/mol. The van der Waals surface area contributed by atoms with Gasteiger partial charge in [0.05, 0.1) is 47.5 Å². The first kappa shape index (κ1) is 48.7. The van der Waals surface area contributed by atoms with Gasteiger partial charge in [-0.1, -0.05) is 15.9 Å². The molecule has 0 aliphatic carbocycles. The maximum atomic E-state index is 13.9. The zero-order chi connectivity index (χ0) is 46.0. The van der Waals surface area contributed by atoms with Crippen molar-refractivity contribution in [2.45, 2.75) is 29.8 Å². The molecule has 0 atom stereocenters. The lowest BCUT2D eigenvalue weighted by atomic mass is 10.0. The molecule has 0 spiro atoms. The van der Waals surface area contributed by atoms with Crippen molar-refractivity contribution in [2.75, 3.05) is 38.2 Å². The molecule has 63 heavy (non-hydrogen) atoms. The number of rotatable bonds is 16. The maximum Gasteiger partial charge on any atom is 0.338 e. The highest BCUT2D eigenvalue weighted by atomic mass is 79.9. The Morgan fingerprint density at radius 1 is 0.746 bits per heavy atom. The van der Waals surface area contributed by atoms with E-state index in [4.69, 9.17) is 18.5 Å². The summed E-state index contributed by atoms with van der Waals surface area (Å²) in [6.07, 6.45) is 3.51. The third-order valence-electron chi connectivity index (χ3n) is 8.28. The molecule has 0 saturated heterocycles. The first-order valence-corrected chi connectivity index (χ1v) is 25.7. The van der Waals surface area contributed by atoms with Crippen LogP contribution in [0.25, 0.3) is 11.1 Å². The zero-order valence-electron chi connectivity index (χ0n) is 34.2. The van der Waals surface area contributed by atoms with E-state index in [2.05, 4.69) is 36.0 Å². The predicted molar refractivity (Wildman–Crippen MR) is 239 cm³/mol. The molecule has 6 aromatic rings. The van der Waals surface area contributed by atoms with E-state index < -0.39 is 45.1 Å².